The normalized spacial score (nSPS) is 10.1. The summed E-state index contributed by atoms with van der Waals surface area (Å²) >= 11 is 0. The summed E-state index contributed by atoms with van der Waals surface area (Å²) in [5.41, 5.74) is 1.07. The first kappa shape index (κ1) is 9.71. The number of rotatable bonds is 5. The van der Waals surface area contributed by atoms with Gasteiger partial charge in [0.15, 0.2) is 0 Å². The highest BCUT2D eigenvalue weighted by Gasteiger charge is 1.91. The van der Waals surface area contributed by atoms with Crippen molar-refractivity contribution >= 4 is 5.69 Å². The van der Waals surface area contributed by atoms with E-state index >= 15 is 0 Å². The Balaban J connectivity index is 1.68. The van der Waals surface area contributed by atoms with Crippen LogP contribution in [-0.4, -0.2) is 21.1 Å². The van der Waals surface area contributed by atoms with Gasteiger partial charge in [0.1, 0.15) is 0 Å². The fourth-order valence-corrected chi connectivity index (χ4v) is 1.38. The fourth-order valence-electron chi connectivity index (χ4n) is 1.38. The molecule has 0 aliphatic rings. The van der Waals surface area contributed by atoms with Crippen molar-refractivity contribution in [3.63, 3.8) is 0 Å². The molecule has 0 spiro atoms. The van der Waals surface area contributed by atoms with E-state index in [1.807, 2.05) is 30.9 Å². The van der Waals surface area contributed by atoms with Crippen LogP contribution in [0.1, 0.15) is 6.42 Å². The van der Waals surface area contributed by atoms with Crippen molar-refractivity contribution in [3.05, 3.63) is 43.2 Å². The predicted molar refractivity (Wildman–Crippen MR) is 59.6 cm³/mol. The Morgan fingerprint density at radius 2 is 2.27 bits per heavy atom. The molecule has 1 N–H and O–H groups in total. The van der Waals surface area contributed by atoms with Gasteiger partial charge in [0.05, 0.1) is 12.0 Å². The molecule has 0 bridgehead atoms. The molecular weight excluding hydrogens is 188 g/mol. The van der Waals surface area contributed by atoms with Crippen molar-refractivity contribution in [2.24, 2.45) is 0 Å². The summed E-state index contributed by atoms with van der Waals surface area (Å²) in [7, 11) is 0. The van der Waals surface area contributed by atoms with E-state index in [1.165, 1.54) is 0 Å². The molecule has 0 amide bonds. The first-order chi connectivity index (χ1) is 7.45. The van der Waals surface area contributed by atoms with E-state index in [9.17, 15) is 0 Å². The minimum atomic E-state index is 0.948. The molecule has 2 heterocycles. The summed E-state index contributed by atoms with van der Waals surface area (Å²) in [4.78, 5) is 8.03. The van der Waals surface area contributed by atoms with Gasteiger partial charge in [-0.1, -0.05) is 0 Å². The van der Waals surface area contributed by atoms with Crippen molar-refractivity contribution in [2.45, 2.75) is 13.0 Å². The van der Waals surface area contributed by atoms with Crippen molar-refractivity contribution in [2.75, 3.05) is 11.9 Å². The van der Waals surface area contributed by atoms with Crippen LogP contribution in [0.25, 0.3) is 0 Å². The zero-order valence-electron chi connectivity index (χ0n) is 8.50. The quantitative estimate of drug-likeness (QED) is 0.751. The van der Waals surface area contributed by atoms with Crippen molar-refractivity contribution in [1.82, 2.24) is 14.5 Å². The molecule has 2 rings (SSSR count). The topological polar surface area (TPSA) is 42.7 Å². The van der Waals surface area contributed by atoms with Gasteiger partial charge in [-0.15, -0.1) is 0 Å². The number of nitrogens with one attached hydrogen (secondary N) is 1. The van der Waals surface area contributed by atoms with E-state index < -0.39 is 0 Å². The van der Waals surface area contributed by atoms with Crippen LogP contribution in [0.2, 0.25) is 0 Å². The lowest BCUT2D eigenvalue weighted by atomic mass is 10.3. The molecule has 0 saturated carbocycles. The van der Waals surface area contributed by atoms with Gasteiger partial charge in [-0.2, -0.15) is 0 Å². The van der Waals surface area contributed by atoms with Crippen LogP contribution in [0.5, 0.6) is 0 Å². The van der Waals surface area contributed by atoms with Crippen LogP contribution in [0.4, 0.5) is 5.69 Å². The number of imidazole rings is 1. The summed E-state index contributed by atoms with van der Waals surface area (Å²) in [5, 5.41) is 3.31. The van der Waals surface area contributed by atoms with Crippen LogP contribution in [-0.2, 0) is 6.54 Å². The molecule has 0 unspecified atom stereocenters. The Labute approximate surface area is 89.0 Å². The molecular formula is C11H14N4. The van der Waals surface area contributed by atoms with E-state index in [0.29, 0.717) is 0 Å². The lowest BCUT2D eigenvalue weighted by Gasteiger charge is -2.05. The maximum absolute atomic E-state index is 4.04. The van der Waals surface area contributed by atoms with Crippen LogP contribution in [0.3, 0.4) is 0 Å². The van der Waals surface area contributed by atoms with Crippen LogP contribution < -0.4 is 5.32 Å². The van der Waals surface area contributed by atoms with Gasteiger partial charge in [0, 0.05) is 37.9 Å². The van der Waals surface area contributed by atoms with E-state index in [-0.39, 0.29) is 0 Å². The Morgan fingerprint density at radius 3 is 3.00 bits per heavy atom. The number of nitrogens with zero attached hydrogens (tertiary/aromatic N) is 3. The lowest BCUT2D eigenvalue weighted by molar-refractivity contribution is 0.660. The lowest BCUT2D eigenvalue weighted by Crippen LogP contribution is -2.05. The number of aromatic nitrogens is 3. The van der Waals surface area contributed by atoms with Crippen LogP contribution in [0.15, 0.2) is 43.2 Å². The summed E-state index contributed by atoms with van der Waals surface area (Å²) in [5.74, 6) is 0. The Hall–Kier alpha value is -1.84. The van der Waals surface area contributed by atoms with E-state index in [2.05, 4.69) is 19.9 Å². The number of pyridine rings is 1. The first-order valence-electron chi connectivity index (χ1n) is 5.05. The van der Waals surface area contributed by atoms with Gasteiger partial charge in [-0.25, -0.2) is 4.98 Å². The second kappa shape index (κ2) is 5.14. The molecule has 15 heavy (non-hydrogen) atoms. The number of aryl methyl sites for hydroxylation is 1. The smallest absolute Gasteiger partial charge is 0.0945 e. The molecule has 0 saturated heterocycles. The highest BCUT2D eigenvalue weighted by molar-refractivity contribution is 5.39. The molecule has 0 aliphatic heterocycles. The largest absolute Gasteiger partial charge is 0.384 e. The maximum Gasteiger partial charge on any atom is 0.0945 e. The van der Waals surface area contributed by atoms with Crippen molar-refractivity contribution < 1.29 is 0 Å². The van der Waals surface area contributed by atoms with Crippen LogP contribution >= 0.6 is 0 Å². The Kier molecular flexibility index (Phi) is 3.33. The van der Waals surface area contributed by atoms with Gasteiger partial charge in [-0.05, 0) is 18.6 Å². The monoisotopic (exact) mass is 202 g/mol. The zero-order valence-corrected chi connectivity index (χ0v) is 8.50. The third-order valence-electron chi connectivity index (χ3n) is 2.14. The Morgan fingerprint density at radius 1 is 1.27 bits per heavy atom. The Bertz CT molecular complexity index is 369. The molecule has 0 aliphatic carbocycles. The molecule has 0 atom stereocenters. The summed E-state index contributed by atoms with van der Waals surface area (Å²) in [6, 6.07) is 3.95. The van der Waals surface area contributed by atoms with Crippen LogP contribution in [0, 0.1) is 0 Å². The van der Waals surface area contributed by atoms with Gasteiger partial charge < -0.3 is 9.88 Å². The minimum Gasteiger partial charge on any atom is -0.384 e. The first-order valence-corrected chi connectivity index (χ1v) is 5.05. The number of anilines is 1. The fraction of sp³-hybridized carbons (Fsp3) is 0.273. The molecule has 4 nitrogen and oxygen atoms in total. The summed E-state index contributed by atoms with van der Waals surface area (Å²) < 4.78 is 2.07. The third-order valence-corrected chi connectivity index (χ3v) is 2.14. The number of hydrogen-bond donors (Lipinski definition) is 1. The molecule has 4 heteroatoms. The zero-order chi connectivity index (χ0) is 10.3. The van der Waals surface area contributed by atoms with Gasteiger partial charge in [-0.3, -0.25) is 4.98 Å². The van der Waals surface area contributed by atoms with E-state index in [4.69, 9.17) is 0 Å². The van der Waals surface area contributed by atoms with E-state index in [1.54, 1.807) is 12.4 Å². The van der Waals surface area contributed by atoms with Gasteiger partial charge in [0.2, 0.25) is 0 Å². The molecule has 0 radical (unpaired) electrons. The van der Waals surface area contributed by atoms with Gasteiger partial charge >= 0.3 is 0 Å². The number of hydrogen-bond acceptors (Lipinski definition) is 3. The third kappa shape index (κ3) is 3.09. The average molecular weight is 202 g/mol. The van der Waals surface area contributed by atoms with Crippen molar-refractivity contribution in [3.8, 4) is 0 Å². The SMILES string of the molecule is c1cncc(NCCCn2ccnc2)c1. The second-order valence-corrected chi connectivity index (χ2v) is 3.32. The molecule has 2 aromatic heterocycles. The van der Waals surface area contributed by atoms with Crippen molar-refractivity contribution in [1.29, 1.82) is 0 Å². The molecule has 0 aromatic carbocycles. The molecule has 2 aromatic rings. The standard InChI is InChI=1S/C11H14N4/c1-3-11(9-12-4-1)14-5-2-7-15-8-6-13-10-15/h1,3-4,6,8-10,14H,2,5,7H2. The summed E-state index contributed by atoms with van der Waals surface area (Å²) in [6.45, 7) is 1.94. The highest BCUT2D eigenvalue weighted by atomic mass is 15.0. The summed E-state index contributed by atoms with van der Waals surface area (Å²) in [6.07, 6.45) is 10.3. The average Bonchev–Trinajstić information content (AvgIpc) is 2.79. The van der Waals surface area contributed by atoms with E-state index in [0.717, 1.165) is 25.2 Å². The predicted octanol–water partition coefficient (Wildman–Crippen LogP) is 1.78. The molecule has 0 fully saturated rings. The molecule has 78 valence electrons. The minimum absolute atomic E-state index is 0.948. The second-order valence-electron chi connectivity index (χ2n) is 3.32. The van der Waals surface area contributed by atoms with Gasteiger partial charge in [0.25, 0.3) is 0 Å². The highest BCUT2D eigenvalue weighted by Crippen LogP contribution is 2.02. The maximum atomic E-state index is 4.04.